The Balaban J connectivity index is 1.34. The number of hydrogen-bond acceptors (Lipinski definition) is 8. The molecule has 0 fully saturated rings. The van der Waals surface area contributed by atoms with Crippen LogP contribution in [-0.4, -0.2) is 30.4 Å². The maximum Gasteiger partial charge on any atom is 0.260 e. The van der Waals surface area contributed by atoms with Gasteiger partial charge in [-0.3, -0.25) is 9.59 Å². The molecular formula is C20H12FN5O2S3. The molecule has 5 rings (SSSR count). The first-order chi connectivity index (χ1) is 15.1. The summed E-state index contributed by atoms with van der Waals surface area (Å²) in [6.07, 6.45) is 0. The number of aromatic amines is 1. The number of halogens is 1. The highest BCUT2D eigenvalue weighted by Crippen LogP contribution is 2.31. The second-order valence-electron chi connectivity index (χ2n) is 6.48. The molecule has 0 aliphatic heterocycles. The molecule has 0 spiro atoms. The van der Waals surface area contributed by atoms with Gasteiger partial charge in [-0.25, -0.2) is 9.37 Å². The van der Waals surface area contributed by atoms with Gasteiger partial charge < -0.3 is 10.3 Å². The van der Waals surface area contributed by atoms with E-state index in [2.05, 4.69) is 24.0 Å². The standard InChI is InChI=1S/C20H12FN5O2S3/c21-11-6-4-10(5-7-11)12-8-29-19-16(12)18(28)23-20(24-19)30-9-15(27)22-13-2-1-3-14-17(13)26-31-25-14/h1-8H,9H2,(H,22,27)(H,23,24,28). The van der Waals surface area contributed by atoms with Crippen LogP contribution in [-0.2, 0) is 4.79 Å². The lowest BCUT2D eigenvalue weighted by atomic mass is 10.1. The van der Waals surface area contributed by atoms with Gasteiger partial charge in [-0.15, -0.1) is 11.3 Å². The van der Waals surface area contributed by atoms with Crippen LogP contribution in [0.1, 0.15) is 0 Å². The topological polar surface area (TPSA) is 101 Å². The Morgan fingerprint density at radius 2 is 2.00 bits per heavy atom. The molecule has 0 saturated heterocycles. The Labute approximate surface area is 186 Å². The van der Waals surface area contributed by atoms with E-state index in [0.717, 1.165) is 34.6 Å². The summed E-state index contributed by atoms with van der Waals surface area (Å²) in [5, 5.41) is 5.45. The van der Waals surface area contributed by atoms with Crippen LogP contribution in [0, 0.1) is 5.82 Å². The van der Waals surface area contributed by atoms with Crippen LogP contribution in [0.3, 0.4) is 0 Å². The summed E-state index contributed by atoms with van der Waals surface area (Å²) in [4.78, 5) is 32.8. The molecule has 154 valence electrons. The molecule has 3 heterocycles. The third-order valence-corrected chi connectivity index (χ3v) is 6.77. The van der Waals surface area contributed by atoms with Gasteiger partial charge in [0.2, 0.25) is 5.91 Å². The van der Waals surface area contributed by atoms with E-state index in [1.807, 2.05) is 11.4 Å². The summed E-state index contributed by atoms with van der Waals surface area (Å²) in [7, 11) is 0. The van der Waals surface area contributed by atoms with Crippen LogP contribution < -0.4 is 10.9 Å². The maximum absolute atomic E-state index is 13.2. The van der Waals surface area contributed by atoms with Crippen LogP contribution in [0.2, 0.25) is 0 Å². The van der Waals surface area contributed by atoms with E-state index in [1.165, 1.54) is 23.5 Å². The van der Waals surface area contributed by atoms with Crippen molar-refractivity contribution in [2.24, 2.45) is 0 Å². The number of nitrogens with zero attached hydrogens (tertiary/aromatic N) is 3. The lowest BCUT2D eigenvalue weighted by Gasteiger charge is -2.05. The minimum atomic E-state index is -0.338. The minimum absolute atomic E-state index is 0.0681. The average Bonchev–Trinajstić information content (AvgIpc) is 3.41. The molecule has 1 amide bonds. The number of H-pyrrole nitrogens is 1. The molecule has 0 atom stereocenters. The largest absolute Gasteiger partial charge is 0.323 e. The zero-order chi connectivity index (χ0) is 21.4. The van der Waals surface area contributed by atoms with E-state index >= 15 is 0 Å². The van der Waals surface area contributed by atoms with Crippen molar-refractivity contribution in [2.45, 2.75) is 5.16 Å². The number of amides is 1. The van der Waals surface area contributed by atoms with Gasteiger partial charge in [0.1, 0.15) is 21.7 Å². The van der Waals surface area contributed by atoms with Gasteiger partial charge in [0, 0.05) is 10.9 Å². The maximum atomic E-state index is 13.2. The summed E-state index contributed by atoms with van der Waals surface area (Å²) in [5.41, 5.74) is 3.11. The fraction of sp³-hybridized carbons (Fsp3) is 0.0500. The lowest BCUT2D eigenvalue weighted by Crippen LogP contribution is -2.15. The van der Waals surface area contributed by atoms with Crippen molar-refractivity contribution in [3.8, 4) is 11.1 Å². The second-order valence-corrected chi connectivity index (χ2v) is 8.83. The molecule has 0 unspecified atom stereocenters. The van der Waals surface area contributed by atoms with Crippen molar-refractivity contribution in [1.82, 2.24) is 18.7 Å². The summed E-state index contributed by atoms with van der Waals surface area (Å²) in [6, 6.07) is 11.4. The van der Waals surface area contributed by atoms with Gasteiger partial charge in [-0.2, -0.15) is 8.75 Å². The molecule has 7 nitrogen and oxygen atoms in total. The molecule has 0 saturated carbocycles. The fourth-order valence-corrected chi connectivity index (χ4v) is 5.28. The van der Waals surface area contributed by atoms with Gasteiger partial charge in [-0.05, 0) is 29.8 Å². The fourth-order valence-electron chi connectivity index (χ4n) is 3.07. The predicted octanol–water partition coefficient (Wildman–Crippen LogP) is 4.53. The normalized spacial score (nSPS) is 11.3. The molecule has 2 N–H and O–H groups in total. The summed E-state index contributed by atoms with van der Waals surface area (Å²) >= 11 is 3.55. The van der Waals surface area contributed by atoms with Gasteiger partial charge >= 0.3 is 0 Å². The lowest BCUT2D eigenvalue weighted by molar-refractivity contribution is -0.113. The van der Waals surface area contributed by atoms with E-state index in [4.69, 9.17) is 0 Å². The van der Waals surface area contributed by atoms with Gasteiger partial charge in [0.25, 0.3) is 5.56 Å². The van der Waals surface area contributed by atoms with Crippen LogP contribution in [0.4, 0.5) is 10.1 Å². The van der Waals surface area contributed by atoms with Crippen molar-refractivity contribution in [3.05, 3.63) is 64.0 Å². The Morgan fingerprint density at radius 1 is 1.16 bits per heavy atom. The highest BCUT2D eigenvalue weighted by molar-refractivity contribution is 7.99. The van der Waals surface area contributed by atoms with Crippen molar-refractivity contribution >= 4 is 67.7 Å². The number of rotatable bonds is 5. The van der Waals surface area contributed by atoms with Crippen molar-refractivity contribution in [3.63, 3.8) is 0 Å². The highest BCUT2D eigenvalue weighted by atomic mass is 32.2. The number of nitrogens with one attached hydrogen (secondary N) is 2. The minimum Gasteiger partial charge on any atom is -0.323 e. The molecule has 31 heavy (non-hydrogen) atoms. The third kappa shape index (κ3) is 3.94. The van der Waals surface area contributed by atoms with Gasteiger partial charge in [0.05, 0.1) is 28.6 Å². The van der Waals surface area contributed by atoms with Crippen molar-refractivity contribution in [2.75, 3.05) is 11.1 Å². The summed E-state index contributed by atoms with van der Waals surface area (Å²) in [5.74, 6) is -0.514. The number of anilines is 1. The molecule has 0 radical (unpaired) electrons. The predicted molar refractivity (Wildman–Crippen MR) is 122 cm³/mol. The molecule has 11 heteroatoms. The van der Waals surface area contributed by atoms with E-state index < -0.39 is 0 Å². The van der Waals surface area contributed by atoms with Crippen LogP contribution in [0.15, 0.2) is 57.8 Å². The summed E-state index contributed by atoms with van der Waals surface area (Å²) in [6.45, 7) is 0. The van der Waals surface area contributed by atoms with Crippen molar-refractivity contribution in [1.29, 1.82) is 0 Å². The average molecular weight is 470 g/mol. The van der Waals surface area contributed by atoms with E-state index in [-0.39, 0.29) is 23.0 Å². The third-order valence-electron chi connectivity index (χ3n) is 4.48. The van der Waals surface area contributed by atoms with Crippen LogP contribution in [0.25, 0.3) is 32.4 Å². The Morgan fingerprint density at radius 3 is 2.84 bits per heavy atom. The number of aromatic nitrogens is 4. The quantitative estimate of drug-likeness (QED) is 0.290. The molecule has 0 aliphatic carbocycles. The molecular weight excluding hydrogens is 457 g/mol. The molecule has 3 aromatic heterocycles. The van der Waals surface area contributed by atoms with Gasteiger partial charge in [-0.1, -0.05) is 30.0 Å². The second kappa shape index (κ2) is 8.17. The van der Waals surface area contributed by atoms with E-state index in [0.29, 0.717) is 32.1 Å². The van der Waals surface area contributed by atoms with Crippen molar-refractivity contribution < 1.29 is 9.18 Å². The molecule has 0 aliphatic rings. The number of thiophene rings is 1. The van der Waals surface area contributed by atoms with Gasteiger partial charge in [0.15, 0.2) is 5.16 Å². The Hall–Kier alpha value is -3.15. The zero-order valence-electron chi connectivity index (χ0n) is 15.6. The van der Waals surface area contributed by atoms with E-state index in [9.17, 15) is 14.0 Å². The van der Waals surface area contributed by atoms with E-state index in [1.54, 1.807) is 24.3 Å². The zero-order valence-corrected chi connectivity index (χ0v) is 18.0. The smallest absolute Gasteiger partial charge is 0.260 e. The monoisotopic (exact) mass is 469 g/mol. The Bertz CT molecular complexity index is 1480. The number of carbonyl (C=O) groups excluding carboxylic acids is 1. The van der Waals surface area contributed by atoms with Crippen LogP contribution in [0.5, 0.6) is 0 Å². The van der Waals surface area contributed by atoms with Crippen LogP contribution >= 0.6 is 34.8 Å². The number of benzene rings is 2. The first-order valence-corrected chi connectivity index (χ1v) is 11.6. The summed E-state index contributed by atoms with van der Waals surface area (Å²) < 4.78 is 21.6. The first kappa shape index (κ1) is 19.8. The molecule has 2 aromatic carbocycles. The molecule has 5 aromatic rings. The SMILES string of the molecule is O=C(CSc1nc2scc(-c3ccc(F)cc3)c2c(=O)[nH]1)Nc1cccc2nsnc12. The number of fused-ring (bicyclic) bond motifs is 2. The molecule has 0 bridgehead atoms. The number of carbonyl (C=O) groups is 1. The Kier molecular flexibility index (Phi) is 5.22. The number of thioether (sulfide) groups is 1. The number of hydrogen-bond donors (Lipinski definition) is 2. The highest BCUT2D eigenvalue weighted by Gasteiger charge is 2.15. The first-order valence-electron chi connectivity index (χ1n) is 9.00.